The Kier molecular flexibility index (Phi) is 5.34. The first-order valence-electron chi connectivity index (χ1n) is 10.00. The highest BCUT2D eigenvalue weighted by Crippen LogP contribution is 2.38. The summed E-state index contributed by atoms with van der Waals surface area (Å²) < 4.78 is 13.1. The molecule has 0 bridgehead atoms. The third kappa shape index (κ3) is 3.50. The molecule has 29 heavy (non-hydrogen) atoms. The van der Waals surface area contributed by atoms with Crippen molar-refractivity contribution in [1.29, 1.82) is 0 Å². The van der Waals surface area contributed by atoms with Crippen molar-refractivity contribution in [2.75, 3.05) is 32.6 Å². The van der Waals surface area contributed by atoms with Crippen molar-refractivity contribution >= 4 is 28.1 Å². The summed E-state index contributed by atoms with van der Waals surface area (Å²) in [5.74, 6) is 2.11. The van der Waals surface area contributed by atoms with Crippen molar-refractivity contribution in [2.45, 2.75) is 19.3 Å². The number of anilines is 2. The molecule has 0 unspecified atom stereocenters. The predicted octanol–water partition coefficient (Wildman–Crippen LogP) is 4.79. The molecule has 1 aromatic carbocycles. The minimum atomic E-state index is 0.655. The van der Waals surface area contributed by atoms with Crippen LogP contribution in [-0.4, -0.2) is 41.8 Å². The Morgan fingerprint density at radius 3 is 2.62 bits per heavy atom. The summed E-state index contributed by atoms with van der Waals surface area (Å²) in [6, 6.07) is 7.85. The summed E-state index contributed by atoms with van der Waals surface area (Å²) in [5.41, 5.74) is 4.07. The number of methoxy groups -OCH3 is 2. The lowest BCUT2D eigenvalue weighted by atomic mass is 10.1. The second kappa shape index (κ2) is 8.07. The largest absolute Gasteiger partial charge is 0.493 e. The van der Waals surface area contributed by atoms with Crippen molar-refractivity contribution in [3.05, 3.63) is 48.8 Å². The third-order valence-corrected chi connectivity index (χ3v) is 5.61. The van der Waals surface area contributed by atoms with Gasteiger partial charge in [-0.05, 0) is 37.5 Å². The molecule has 3 heterocycles. The minimum Gasteiger partial charge on any atom is -0.493 e. The molecular formula is C23H28N4O2. The second-order valence-electron chi connectivity index (χ2n) is 7.37. The number of fused-ring (bicyclic) bond motifs is 1. The first-order chi connectivity index (χ1) is 14.1. The summed E-state index contributed by atoms with van der Waals surface area (Å²) >= 11 is 0. The molecule has 152 valence electrons. The Morgan fingerprint density at radius 1 is 1.10 bits per heavy atom. The van der Waals surface area contributed by atoms with E-state index < -0.39 is 0 Å². The van der Waals surface area contributed by atoms with E-state index in [2.05, 4.69) is 40.7 Å². The van der Waals surface area contributed by atoms with Crippen LogP contribution in [-0.2, 0) is 7.05 Å². The molecule has 0 amide bonds. The number of nitrogens with zero attached hydrogens (tertiary/aromatic N) is 3. The lowest BCUT2D eigenvalue weighted by Gasteiger charge is -2.31. The van der Waals surface area contributed by atoms with Gasteiger partial charge in [0.2, 0.25) is 0 Å². The van der Waals surface area contributed by atoms with Gasteiger partial charge in [0.05, 0.1) is 25.4 Å². The van der Waals surface area contributed by atoms with Crippen LogP contribution in [0.25, 0.3) is 16.6 Å². The number of ether oxygens (including phenoxy) is 2. The lowest BCUT2D eigenvalue weighted by molar-refractivity contribution is 0.326. The van der Waals surface area contributed by atoms with E-state index in [1.807, 2.05) is 24.4 Å². The predicted molar refractivity (Wildman–Crippen MR) is 118 cm³/mol. The molecule has 3 aromatic rings. The fourth-order valence-corrected chi connectivity index (χ4v) is 4.07. The zero-order valence-electron chi connectivity index (χ0n) is 17.4. The highest BCUT2D eigenvalue weighted by molar-refractivity contribution is 5.98. The van der Waals surface area contributed by atoms with Gasteiger partial charge in [-0.2, -0.15) is 0 Å². The van der Waals surface area contributed by atoms with E-state index in [-0.39, 0.29) is 0 Å². The maximum atomic E-state index is 5.56. The number of pyridine rings is 1. The number of piperidine rings is 1. The van der Waals surface area contributed by atoms with Crippen LogP contribution in [0.2, 0.25) is 0 Å². The van der Waals surface area contributed by atoms with Crippen LogP contribution in [0, 0.1) is 0 Å². The van der Waals surface area contributed by atoms with E-state index >= 15 is 0 Å². The molecule has 0 atom stereocenters. The van der Waals surface area contributed by atoms with Crippen LogP contribution < -0.4 is 14.8 Å². The Bertz CT molecular complexity index is 1030. The zero-order valence-corrected chi connectivity index (χ0v) is 17.4. The van der Waals surface area contributed by atoms with Crippen molar-refractivity contribution in [3.8, 4) is 11.5 Å². The molecule has 0 radical (unpaired) electrons. The van der Waals surface area contributed by atoms with Gasteiger partial charge in [-0.3, -0.25) is 0 Å². The van der Waals surface area contributed by atoms with E-state index in [9.17, 15) is 0 Å². The number of nitrogens with one attached hydrogen (secondary N) is 1. The molecule has 1 fully saturated rings. The number of aryl methyl sites for hydroxylation is 1. The third-order valence-electron chi connectivity index (χ3n) is 5.61. The smallest absolute Gasteiger partial charge is 0.184 e. The minimum absolute atomic E-state index is 0.655. The molecule has 1 aliphatic heterocycles. The number of hydrogen-bond acceptors (Lipinski definition) is 5. The second-order valence-corrected chi connectivity index (χ2v) is 7.37. The SMILES string of the molecule is C=C(c1cnc(Nc2cccc(OC)c2OC)c2ccn(C)c12)N1CCCCC1. The van der Waals surface area contributed by atoms with E-state index in [1.54, 1.807) is 14.2 Å². The number of para-hydroxylation sites is 1. The van der Waals surface area contributed by atoms with Crippen LogP contribution in [0.15, 0.2) is 43.2 Å². The summed E-state index contributed by atoms with van der Waals surface area (Å²) in [4.78, 5) is 7.13. The van der Waals surface area contributed by atoms with Gasteiger partial charge in [-0.1, -0.05) is 12.6 Å². The number of hydrogen-bond donors (Lipinski definition) is 1. The first kappa shape index (κ1) is 19.2. The summed E-state index contributed by atoms with van der Waals surface area (Å²) in [6.45, 7) is 6.52. The molecule has 1 saturated heterocycles. The summed E-state index contributed by atoms with van der Waals surface area (Å²) in [7, 11) is 5.34. The molecular weight excluding hydrogens is 364 g/mol. The molecule has 1 aliphatic rings. The highest BCUT2D eigenvalue weighted by atomic mass is 16.5. The van der Waals surface area contributed by atoms with Crippen LogP contribution in [0.3, 0.4) is 0 Å². The normalized spacial score (nSPS) is 14.1. The number of benzene rings is 1. The van der Waals surface area contributed by atoms with Gasteiger partial charge < -0.3 is 24.3 Å². The Labute approximate surface area is 171 Å². The molecule has 0 aliphatic carbocycles. The van der Waals surface area contributed by atoms with Crippen molar-refractivity contribution in [3.63, 3.8) is 0 Å². The van der Waals surface area contributed by atoms with E-state index in [4.69, 9.17) is 14.5 Å². The molecule has 2 aromatic heterocycles. The van der Waals surface area contributed by atoms with Gasteiger partial charge in [0.1, 0.15) is 5.82 Å². The van der Waals surface area contributed by atoms with E-state index in [0.29, 0.717) is 11.5 Å². The fraction of sp³-hybridized carbons (Fsp3) is 0.348. The van der Waals surface area contributed by atoms with E-state index in [0.717, 1.165) is 46.8 Å². The standard InChI is InChI=1S/C23H28N4O2/c1-16(27-12-6-5-7-13-27)18-15-24-23(17-11-14-26(2)21(17)18)25-19-9-8-10-20(28-3)22(19)29-4/h8-11,14-15H,1,5-7,12-13H2,2-4H3,(H,24,25). The molecule has 1 N–H and O–H groups in total. The Balaban J connectivity index is 1.74. The molecule has 0 spiro atoms. The van der Waals surface area contributed by atoms with Crippen LogP contribution in [0.1, 0.15) is 24.8 Å². The summed E-state index contributed by atoms with van der Waals surface area (Å²) in [6.07, 6.45) is 7.73. The van der Waals surface area contributed by atoms with Crippen LogP contribution in [0.4, 0.5) is 11.5 Å². The van der Waals surface area contributed by atoms with Gasteiger partial charge >= 0.3 is 0 Å². The quantitative estimate of drug-likeness (QED) is 0.654. The van der Waals surface area contributed by atoms with Crippen molar-refractivity contribution < 1.29 is 9.47 Å². The average Bonchev–Trinajstić information content (AvgIpc) is 3.16. The number of likely N-dealkylation sites (tertiary alicyclic amines) is 1. The Hall–Kier alpha value is -3.15. The monoisotopic (exact) mass is 392 g/mol. The van der Waals surface area contributed by atoms with E-state index in [1.165, 1.54) is 19.3 Å². The zero-order chi connectivity index (χ0) is 20.4. The van der Waals surface area contributed by atoms with Crippen LogP contribution >= 0.6 is 0 Å². The van der Waals surface area contributed by atoms with Crippen molar-refractivity contribution in [1.82, 2.24) is 14.5 Å². The summed E-state index contributed by atoms with van der Waals surface area (Å²) in [5, 5.41) is 4.48. The molecule has 4 rings (SSSR count). The highest BCUT2D eigenvalue weighted by Gasteiger charge is 2.19. The average molecular weight is 393 g/mol. The van der Waals surface area contributed by atoms with Crippen molar-refractivity contribution in [2.24, 2.45) is 7.05 Å². The number of rotatable bonds is 6. The molecule has 6 heteroatoms. The van der Waals surface area contributed by atoms with Gasteiger partial charge in [0.25, 0.3) is 0 Å². The van der Waals surface area contributed by atoms with Crippen LogP contribution in [0.5, 0.6) is 11.5 Å². The molecule has 6 nitrogen and oxygen atoms in total. The van der Waals surface area contributed by atoms with Gasteiger partial charge in [-0.15, -0.1) is 0 Å². The fourth-order valence-electron chi connectivity index (χ4n) is 4.07. The lowest BCUT2D eigenvalue weighted by Crippen LogP contribution is -2.28. The molecule has 0 saturated carbocycles. The first-order valence-corrected chi connectivity index (χ1v) is 10.00. The Morgan fingerprint density at radius 2 is 1.90 bits per heavy atom. The number of aromatic nitrogens is 2. The maximum Gasteiger partial charge on any atom is 0.184 e. The van der Waals surface area contributed by atoms with Gasteiger partial charge in [0.15, 0.2) is 11.5 Å². The van der Waals surface area contributed by atoms with Gasteiger partial charge in [0, 0.05) is 49.2 Å². The van der Waals surface area contributed by atoms with Gasteiger partial charge in [-0.25, -0.2) is 4.98 Å². The maximum absolute atomic E-state index is 5.56. The topological polar surface area (TPSA) is 51.6 Å².